The molecular formula is C19H23O3P. The Morgan fingerprint density at radius 2 is 1.13 bits per heavy atom. The van der Waals surface area contributed by atoms with Crippen molar-refractivity contribution in [2.24, 2.45) is 0 Å². The molecule has 3 nitrogen and oxygen atoms in total. The molecule has 2 heterocycles. The normalized spacial score (nSPS) is 26.2. The van der Waals surface area contributed by atoms with Crippen molar-refractivity contribution in [3.8, 4) is 0 Å². The minimum atomic E-state index is -3.61. The van der Waals surface area contributed by atoms with E-state index in [-0.39, 0.29) is 0 Å². The second kappa shape index (κ2) is 4.23. The molecule has 0 amide bonds. The van der Waals surface area contributed by atoms with Gasteiger partial charge in [-0.05, 0) is 0 Å². The summed E-state index contributed by atoms with van der Waals surface area (Å²) in [5, 5.41) is 2.12. The van der Waals surface area contributed by atoms with Gasteiger partial charge in [0.05, 0.1) is 0 Å². The Morgan fingerprint density at radius 3 is 1.52 bits per heavy atom. The van der Waals surface area contributed by atoms with Gasteiger partial charge in [0, 0.05) is 0 Å². The van der Waals surface area contributed by atoms with E-state index in [9.17, 15) is 0 Å². The molecule has 0 unspecified atom stereocenters. The molecule has 0 fully saturated rings. The Hall–Kier alpha value is -1.25. The van der Waals surface area contributed by atoms with Gasteiger partial charge in [0.1, 0.15) is 0 Å². The Kier molecular flexibility index (Phi) is 2.81. The predicted octanol–water partition coefficient (Wildman–Crippen LogP) is 4.11. The topological polar surface area (TPSA) is 27.7 Å². The van der Waals surface area contributed by atoms with Crippen molar-refractivity contribution in [2.45, 2.75) is 38.9 Å². The SMILES string of the molecule is COP12(OC(C)(C)c3ccccc31)OC(C)(C)c1ccccc12. The van der Waals surface area contributed by atoms with E-state index in [0.29, 0.717) is 0 Å². The third kappa shape index (κ3) is 1.64. The van der Waals surface area contributed by atoms with Gasteiger partial charge in [0.25, 0.3) is 0 Å². The molecule has 2 aromatic carbocycles. The van der Waals surface area contributed by atoms with Gasteiger partial charge in [-0.25, -0.2) is 0 Å². The van der Waals surface area contributed by atoms with Crippen LogP contribution in [0.5, 0.6) is 0 Å². The molecule has 0 N–H and O–H groups in total. The number of hydrogen-bond donors (Lipinski definition) is 0. The van der Waals surface area contributed by atoms with Crippen LogP contribution in [0.15, 0.2) is 48.5 Å². The van der Waals surface area contributed by atoms with Gasteiger partial charge in [-0.15, -0.1) is 0 Å². The number of hydrogen-bond acceptors (Lipinski definition) is 3. The average molecular weight is 330 g/mol. The second-order valence-electron chi connectivity index (χ2n) is 7.30. The van der Waals surface area contributed by atoms with Crippen molar-refractivity contribution < 1.29 is 13.6 Å². The first-order valence-electron chi connectivity index (χ1n) is 7.97. The van der Waals surface area contributed by atoms with Crippen molar-refractivity contribution in [1.82, 2.24) is 0 Å². The van der Waals surface area contributed by atoms with E-state index in [4.69, 9.17) is 13.6 Å². The van der Waals surface area contributed by atoms with E-state index in [1.165, 1.54) is 0 Å². The van der Waals surface area contributed by atoms with E-state index in [2.05, 4.69) is 52.0 Å². The third-order valence-electron chi connectivity index (χ3n) is 5.06. The van der Waals surface area contributed by atoms with E-state index in [1.807, 2.05) is 24.3 Å². The maximum atomic E-state index is 6.75. The summed E-state index contributed by atoms with van der Waals surface area (Å²) in [5.41, 5.74) is 1.37. The van der Waals surface area contributed by atoms with E-state index >= 15 is 0 Å². The summed E-state index contributed by atoms with van der Waals surface area (Å²) < 4.78 is 19.8. The molecule has 2 aromatic rings. The molecule has 4 rings (SSSR count). The number of fused-ring (bicyclic) bond motifs is 4. The fourth-order valence-corrected chi connectivity index (χ4v) is 9.47. The number of rotatable bonds is 1. The van der Waals surface area contributed by atoms with Gasteiger partial charge in [-0.2, -0.15) is 0 Å². The second-order valence-corrected chi connectivity index (χ2v) is 10.8. The molecule has 0 aliphatic carbocycles. The summed E-state index contributed by atoms with van der Waals surface area (Å²) in [6.45, 7) is 8.35. The van der Waals surface area contributed by atoms with Crippen LogP contribution in [0.3, 0.4) is 0 Å². The first kappa shape index (κ1) is 15.3. The molecule has 0 atom stereocenters. The zero-order valence-corrected chi connectivity index (χ0v) is 15.2. The summed E-state index contributed by atoms with van der Waals surface area (Å²) >= 11 is 0. The Morgan fingerprint density at radius 1 is 0.739 bits per heavy atom. The average Bonchev–Trinajstić information content (AvgIpc) is 2.86. The van der Waals surface area contributed by atoms with Gasteiger partial charge in [-0.3, -0.25) is 0 Å². The first-order chi connectivity index (χ1) is 10.8. The molecule has 2 aliphatic heterocycles. The van der Waals surface area contributed by atoms with Gasteiger partial charge in [-0.1, -0.05) is 0 Å². The van der Waals surface area contributed by atoms with Crippen LogP contribution in [0.1, 0.15) is 38.8 Å². The van der Waals surface area contributed by atoms with Crippen molar-refractivity contribution in [3.63, 3.8) is 0 Å². The summed E-state index contributed by atoms with van der Waals surface area (Å²) in [4.78, 5) is 0. The molecule has 0 aromatic heterocycles. The summed E-state index contributed by atoms with van der Waals surface area (Å²) in [7, 11) is -1.89. The first-order valence-corrected chi connectivity index (χ1v) is 9.96. The fourth-order valence-electron chi connectivity index (χ4n) is 4.18. The summed E-state index contributed by atoms with van der Waals surface area (Å²) in [5.74, 6) is 0. The molecule has 2 aliphatic rings. The molecule has 122 valence electrons. The van der Waals surface area contributed by atoms with Crippen LogP contribution in [0.2, 0.25) is 0 Å². The van der Waals surface area contributed by atoms with Crippen LogP contribution in [-0.4, -0.2) is 7.11 Å². The van der Waals surface area contributed by atoms with Crippen LogP contribution in [0.25, 0.3) is 0 Å². The van der Waals surface area contributed by atoms with Crippen molar-refractivity contribution >= 4 is 17.9 Å². The summed E-state index contributed by atoms with van der Waals surface area (Å²) in [6, 6.07) is 16.6. The Labute approximate surface area is 137 Å². The minimum absolute atomic E-state index is 0.460. The van der Waals surface area contributed by atoms with E-state index in [1.54, 1.807) is 7.11 Å². The molecule has 4 heteroatoms. The quantitative estimate of drug-likeness (QED) is 0.737. The fraction of sp³-hybridized carbons (Fsp3) is 0.368. The zero-order valence-electron chi connectivity index (χ0n) is 14.3. The molecular weight excluding hydrogens is 307 g/mol. The molecule has 0 saturated heterocycles. The van der Waals surface area contributed by atoms with Crippen LogP contribution < -0.4 is 10.6 Å². The Balaban J connectivity index is 2.16. The maximum absolute atomic E-state index is 6.75. The molecule has 0 bridgehead atoms. The molecule has 0 saturated carbocycles. The van der Waals surface area contributed by atoms with Crippen LogP contribution >= 0.6 is 7.28 Å². The van der Waals surface area contributed by atoms with E-state index in [0.717, 1.165) is 21.7 Å². The Bertz CT molecular complexity index is 744. The van der Waals surface area contributed by atoms with Crippen LogP contribution in [0.4, 0.5) is 0 Å². The van der Waals surface area contributed by atoms with Gasteiger partial charge < -0.3 is 0 Å². The number of benzene rings is 2. The molecule has 23 heavy (non-hydrogen) atoms. The standard InChI is InChI=1S/C19H23O3P/c1-18(2)14-10-6-8-12-16(14)23(20-5,21-18)17-13-9-7-11-15(17)19(3,4)22-23/h6-13H,1-5H3. The molecule has 0 radical (unpaired) electrons. The van der Waals surface area contributed by atoms with Crippen molar-refractivity contribution in [2.75, 3.05) is 7.11 Å². The van der Waals surface area contributed by atoms with Crippen molar-refractivity contribution in [3.05, 3.63) is 59.7 Å². The van der Waals surface area contributed by atoms with Gasteiger partial charge in [0.2, 0.25) is 0 Å². The summed E-state index contributed by atoms with van der Waals surface area (Å²) in [6.07, 6.45) is 0. The van der Waals surface area contributed by atoms with Gasteiger partial charge >= 0.3 is 137 Å². The third-order valence-corrected chi connectivity index (χ3v) is 9.74. The van der Waals surface area contributed by atoms with Crippen LogP contribution in [-0.2, 0) is 24.8 Å². The van der Waals surface area contributed by atoms with Gasteiger partial charge in [0.15, 0.2) is 0 Å². The predicted molar refractivity (Wildman–Crippen MR) is 94.3 cm³/mol. The van der Waals surface area contributed by atoms with Crippen molar-refractivity contribution in [1.29, 1.82) is 0 Å². The van der Waals surface area contributed by atoms with Crippen LogP contribution in [0, 0.1) is 0 Å². The molecule has 1 spiro atoms. The zero-order chi connectivity index (χ0) is 16.5. The monoisotopic (exact) mass is 330 g/mol. The van der Waals surface area contributed by atoms with E-state index < -0.39 is 18.5 Å².